The van der Waals surface area contributed by atoms with Gasteiger partial charge in [0.15, 0.2) is 0 Å². The average molecular weight is 264 g/mol. The van der Waals surface area contributed by atoms with E-state index in [2.05, 4.69) is 20.5 Å². The summed E-state index contributed by atoms with van der Waals surface area (Å²) in [5.41, 5.74) is 2.29. The van der Waals surface area contributed by atoms with Crippen LogP contribution in [-0.2, 0) is 0 Å². The van der Waals surface area contributed by atoms with E-state index in [1.54, 1.807) is 13.2 Å². The maximum absolute atomic E-state index is 12.2. The number of aromatic nitrogens is 1. The lowest BCUT2D eigenvalue weighted by atomic mass is 10.1. The first kappa shape index (κ1) is 15.4. The van der Waals surface area contributed by atoms with E-state index < -0.39 is 0 Å². The minimum absolute atomic E-state index is 0.0805. The Morgan fingerprint density at radius 1 is 1.47 bits per heavy atom. The van der Waals surface area contributed by atoms with Gasteiger partial charge in [0.1, 0.15) is 0 Å². The van der Waals surface area contributed by atoms with Gasteiger partial charge in [-0.1, -0.05) is 0 Å². The zero-order valence-corrected chi connectivity index (χ0v) is 12.4. The van der Waals surface area contributed by atoms with Gasteiger partial charge in [0.2, 0.25) is 0 Å². The second-order valence-corrected chi connectivity index (χ2v) is 5.09. The van der Waals surface area contributed by atoms with Crippen LogP contribution >= 0.6 is 0 Å². The van der Waals surface area contributed by atoms with Gasteiger partial charge in [-0.2, -0.15) is 0 Å². The monoisotopic (exact) mass is 264 g/mol. The maximum Gasteiger partial charge on any atom is 0.255 e. The molecule has 1 aromatic rings. The number of aryl methyl sites for hydroxylation is 1. The molecule has 1 rings (SSSR count). The quantitative estimate of drug-likeness (QED) is 0.817. The van der Waals surface area contributed by atoms with Crippen molar-refractivity contribution in [3.63, 3.8) is 0 Å². The second kappa shape index (κ2) is 7.09. The van der Waals surface area contributed by atoms with Crippen LogP contribution in [0.1, 0.15) is 29.4 Å². The lowest BCUT2D eigenvalue weighted by molar-refractivity contribution is 0.0937. The van der Waals surface area contributed by atoms with Gasteiger partial charge >= 0.3 is 0 Å². The van der Waals surface area contributed by atoms with E-state index in [-0.39, 0.29) is 11.9 Å². The summed E-state index contributed by atoms with van der Waals surface area (Å²) in [6, 6.07) is 2.01. The molecule has 5 heteroatoms. The van der Waals surface area contributed by atoms with E-state index in [0.29, 0.717) is 5.56 Å². The fourth-order valence-corrected chi connectivity index (χ4v) is 1.77. The highest BCUT2D eigenvalue weighted by Crippen LogP contribution is 2.15. The standard InChI is InChI=1S/C14H24N4O/c1-10(6-7-18(4)5)17-14(19)12-9-16-11(2)8-13(12)15-3/h8-10H,6-7H2,1-5H3,(H,15,16)(H,17,19). The normalized spacial score (nSPS) is 12.3. The molecular weight excluding hydrogens is 240 g/mol. The molecule has 0 aliphatic heterocycles. The Hall–Kier alpha value is -1.62. The Labute approximate surface area is 115 Å². The topological polar surface area (TPSA) is 57.3 Å². The van der Waals surface area contributed by atoms with Crippen molar-refractivity contribution in [3.8, 4) is 0 Å². The van der Waals surface area contributed by atoms with Gasteiger partial charge in [-0.3, -0.25) is 9.78 Å². The minimum atomic E-state index is -0.0805. The van der Waals surface area contributed by atoms with Crippen molar-refractivity contribution in [1.29, 1.82) is 0 Å². The van der Waals surface area contributed by atoms with E-state index in [0.717, 1.165) is 24.3 Å². The van der Waals surface area contributed by atoms with E-state index in [4.69, 9.17) is 0 Å². The summed E-state index contributed by atoms with van der Waals surface area (Å²) in [6.45, 7) is 4.87. The third-order valence-electron chi connectivity index (χ3n) is 2.94. The van der Waals surface area contributed by atoms with Crippen LogP contribution in [0.4, 0.5) is 5.69 Å². The van der Waals surface area contributed by atoms with E-state index in [9.17, 15) is 4.79 Å². The zero-order chi connectivity index (χ0) is 14.4. The Morgan fingerprint density at radius 2 is 2.16 bits per heavy atom. The molecule has 5 nitrogen and oxygen atoms in total. The average Bonchev–Trinajstić information content (AvgIpc) is 2.35. The first-order valence-electron chi connectivity index (χ1n) is 6.54. The number of carbonyl (C=O) groups excluding carboxylic acids is 1. The van der Waals surface area contributed by atoms with Gasteiger partial charge < -0.3 is 15.5 Å². The van der Waals surface area contributed by atoms with Crippen LogP contribution in [0.15, 0.2) is 12.3 Å². The van der Waals surface area contributed by atoms with Crippen LogP contribution in [0.3, 0.4) is 0 Å². The fourth-order valence-electron chi connectivity index (χ4n) is 1.77. The highest BCUT2D eigenvalue weighted by molar-refractivity contribution is 5.99. The number of pyridine rings is 1. The number of anilines is 1. The minimum Gasteiger partial charge on any atom is -0.387 e. The molecular formula is C14H24N4O. The van der Waals surface area contributed by atoms with Crippen molar-refractivity contribution in [2.24, 2.45) is 0 Å². The fraction of sp³-hybridized carbons (Fsp3) is 0.571. The van der Waals surface area contributed by atoms with E-state index in [1.807, 2.05) is 34.0 Å². The SMILES string of the molecule is CNc1cc(C)ncc1C(=O)NC(C)CCN(C)C. The van der Waals surface area contributed by atoms with Crippen LogP contribution < -0.4 is 10.6 Å². The van der Waals surface area contributed by atoms with Crippen molar-refractivity contribution in [3.05, 3.63) is 23.5 Å². The number of amides is 1. The summed E-state index contributed by atoms with van der Waals surface area (Å²) in [5.74, 6) is -0.0805. The molecule has 1 amide bonds. The molecule has 0 saturated heterocycles. The summed E-state index contributed by atoms with van der Waals surface area (Å²) in [5, 5.41) is 6.03. The second-order valence-electron chi connectivity index (χ2n) is 5.09. The Morgan fingerprint density at radius 3 is 2.74 bits per heavy atom. The molecule has 0 spiro atoms. The summed E-state index contributed by atoms with van der Waals surface area (Å²) < 4.78 is 0. The molecule has 0 saturated carbocycles. The number of carbonyl (C=O) groups is 1. The van der Waals surface area contributed by atoms with Gasteiger partial charge in [0.25, 0.3) is 5.91 Å². The van der Waals surface area contributed by atoms with Crippen LogP contribution in [0.25, 0.3) is 0 Å². The molecule has 106 valence electrons. The first-order chi connectivity index (χ1) is 8.93. The lowest BCUT2D eigenvalue weighted by Gasteiger charge is -2.17. The number of rotatable bonds is 6. The lowest BCUT2D eigenvalue weighted by Crippen LogP contribution is -2.35. The van der Waals surface area contributed by atoms with Crippen LogP contribution in [-0.4, -0.2) is 49.5 Å². The Kier molecular flexibility index (Phi) is 5.76. The number of hydrogen-bond acceptors (Lipinski definition) is 4. The van der Waals surface area contributed by atoms with Gasteiger partial charge in [0.05, 0.1) is 11.3 Å². The van der Waals surface area contributed by atoms with Crippen LogP contribution in [0.5, 0.6) is 0 Å². The summed E-state index contributed by atoms with van der Waals surface area (Å²) in [7, 11) is 5.86. The van der Waals surface area contributed by atoms with Crippen LogP contribution in [0, 0.1) is 6.92 Å². The first-order valence-corrected chi connectivity index (χ1v) is 6.54. The zero-order valence-electron chi connectivity index (χ0n) is 12.4. The van der Waals surface area contributed by atoms with Gasteiger partial charge in [-0.05, 0) is 47.0 Å². The predicted molar refractivity (Wildman–Crippen MR) is 78.6 cm³/mol. The van der Waals surface area contributed by atoms with E-state index in [1.165, 1.54) is 0 Å². The molecule has 1 unspecified atom stereocenters. The van der Waals surface area contributed by atoms with E-state index >= 15 is 0 Å². The smallest absolute Gasteiger partial charge is 0.255 e. The van der Waals surface area contributed by atoms with Crippen molar-refractivity contribution < 1.29 is 4.79 Å². The predicted octanol–water partition coefficient (Wildman–Crippen LogP) is 1.50. The Bertz CT molecular complexity index is 431. The largest absolute Gasteiger partial charge is 0.387 e. The maximum atomic E-state index is 12.2. The van der Waals surface area contributed by atoms with Crippen molar-refractivity contribution in [1.82, 2.24) is 15.2 Å². The van der Waals surface area contributed by atoms with Crippen molar-refractivity contribution in [2.75, 3.05) is 33.0 Å². The summed E-state index contributed by atoms with van der Waals surface area (Å²) in [6.07, 6.45) is 2.54. The number of hydrogen-bond donors (Lipinski definition) is 2. The molecule has 0 radical (unpaired) electrons. The summed E-state index contributed by atoms with van der Waals surface area (Å²) in [4.78, 5) is 18.5. The van der Waals surface area contributed by atoms with Gasteiger partial charge in [0, 0.05) is 25.0 Å². The third-order valence-corrected chi connectivity index (χ3v) is 2.94. The Balaban J connectivity index is 2.67. The third kappa shape index (κ3) is 4.87. The van der Waals surface area contributed by atoms with Gasteiger partial charge in [-0.15, -0.1) is 0 Å². The molecule has 1 heterocycles. The van der Waals surface area contributed by atoms with Gasteiger partial charge in [-0.25, -0.2) is 0 Å². The molecule has 1 atom stereocenters. The van der Waals surface area contributed by atoms with Crippen molar-refractivity contribution >= 4 is 11.6 Å². The number of nitrogens with one attached hydrogen (secondary N) is 2. The molecule has 0 fully saturated rings. The molecule has 2 N–H and O–H groups in total. The highest BCUT2D eigenvalue weighted by Gasteiger charge is 2.14. The van der Waals surface area contributed by atoms with Crippen LogP contribution in [0.2, 0.25) is 0 Å². The molecule has 1 aromatic heterocycles. The molecule has 0 aromatic carbocycles. The molecule has 0 bridgehead atoms. The highest BCUT2D eigenvalue weighted by atomic mass is 16.1. The molecule has 0 aliphatic rings. The molecule has 0 aliphatic carbocycles. The number of nitrogens with zero attached hydrogens (tertiary/aromatic N) is 2. The molecule has 19 heavy (non-hydrogen) atoms. The summed E-state index contributed by atoms with van der Waals surface area (Å²) >= 11 is 0. The van der Waals surface area contributed by atoms with Crippen molar-refractivity contribution in [2.45, 2.75) is 26.3 Å².